The van der Waals surface area contributed by atoms with Crippen LogP contribution < -0.4 is 31.9 Å². The van der Waals surface area contributed by atoms with E-state index in [4.69, 9.17) is 15.0 Å². The lowest BCUT2D eigenvalue weighted by Crippen LogP contribution is -2.46. The summed E-state index contributed by atoms with van der Waals surface area (Å²) < 4.78 is 0. The maximum Gasteiger partial charge on any atom is 0.229 e. The molecule has 3 saturated heterocycles. The van der Waals surface area contributed by atoms with Crippen molar-refractivity contribution in [3.63, 3.8) is 0 Å². The highest BCUT2D eigenvalue weighted by Crippen LogP contribution is 2.40. The summed E-state index contributed by atoms with van der Waals surface area (Å²) in [5, 5.41) is 22.7. The molecule has 0 bridgehead atoms. The Morgan fingerprint density at radius 3 is 0.983 bits per heavy atom. The molecule has 1 aromatic heterocycles. The van der Waals surface area contributed by atoms with Crippen LogP contribution in [0.2, 0.25) is 0 Å². The van der Waals surface area contributed by atoms with E-state index in [1.54, 1.807) is 0 Å². The molecule has 3 aliphatic heterocycles. The van der Waals surface area contributed by atoms with Crippen LogP contribution in [0.4, 0.5) is 17.8 Å². The van der Waals surface area contributed by atoms with E-state index in [0.29, 0.717) is 17.8 Å². The first-order valence-electron chi connectivity index (χ1n) is 24.1. The fraction of sp³-hybridized carbons (Fsp3) is 0.824. The second kappa shape index (κ2) is 21.3. The first kappa shape index (κ1) is 50.2. The van der Waals surface area contributed by atoms with Crippen LogP contribution in [-0.2, 0) is 0 Å². The van der Waals surface area contributed by atoms with Crippen molar-refractivity contribution < 1.29 is 0 Å². The molecular weight excluding hydrogens is 739 g/mol. The summed E-state index contributed by atoms with van der Waals surface area (Å²) >= 11 is 0. The van der Waals surface area contributed by atoms with E-state index in [2.05, 4.69) is 135 Å². The van der Waals surface area contributed by atoms with Crippen LogP contribution in [0.25, 0.3) is 0 Å². The second-order valence-electron chi connectivity index (χ2n) is 23.6. The number of hydrogen-bond acceptors (Lipinski definition) is 9. The standard InChI is InChI=1S/C51H93N9/c1-16-19-40(46(4,5)28-22-37-25-31-52-49(10,11)34-37)55-43-58-44(56-41(20-17-2)47(6,7)29-23-38-26-32-53-50(12,13)35-38)60-45(59-43)57-42(21-18-3)48(8,9)30-24-39-27-33-54-51(14,15)36-39/h16-18,37-42,52-54H,1-3,19-36H2,4-15H3,(H3,55,56,57,58,59,60). The highest BCUT2D eigenvalue weighted by molar-refractivity contribution is 5.44. The van der Waals surface area contributed by atoms with E-state index in [1.807, 2.05) is 18.2 Å². The molecule has 6 atom stereocenters. The van der Waals surface area contributed by atoms with Crippen molar-refractivity contribution >= 4 is 17.8 Å². The Kier molecular flexibility index (Phi) is 17.8. The van der Waals surface area contributed by atoms with Gasteiger partial charge in [-0.25, -0.2) is 0 Å². The number of anilines is 3. The monoisotopic (exact) mass is 832 g/mol. The Morgan fingerprint density at radius 1 is 0.517 bits per heavy atom. The molecule has 4 heterocycles. The molecule has 3 fully saturated rings. The first-order chi connectivity index (χ1) is 28.0. The Labute approximate surface area is 369 Å². The summed E-state index contributed by atoms with van der Waals surface area (Å²) in [6.45, 7) is 44.4. The van der Waals surface area contributed by atoms with Gasteiger partial charge < -0.3 is 31.9 Å². The third-order valence-corrected chi connectivity index (χ3v) is 15.0. The first-order valence-corrected chi connectivity index (χ1v) is 24.1. The van der Waals surface area contributed by atoms with E-state index in [1.165, 1.54) is 57.8 Å². The van der Waals surface area contributed by atoms with Crippen LogP contribution in [0.5, 0.6) is 0 Å². The highest BCUT2D eigenvalue weighted by Gasteiger charge is 2.37. The number of hydrogen-bond donors (Lipinski definition) is 6. The SMILES string of the molecule is C=CCC(Nc1nc(NC(CC=C)C(C)(C)CCC2CCNC(C)(C)C2)nc(NC(CC=C)C(C)(C)CCC2CCNC(C)(C)C2)n1)C(C)(C)CCC1CCNC(C)(C)C1. The van der Waals surface area contributed by atoms with Gasteiger partial charge in [-0.3, -0.25) is 0 Å². The molecule has 0 aliphatic carbocycles. The quantitative estimate of drug-likeness (QED) is 0.0567. The smallest absolute Gasteiger partial charge is 0.229 e. The molecule has 4 rings (SSSR count). The molecule has 6 N–H and O–H groups in total. The lowest BCUT2D eigenvalue weighted by atomic mass is 9.74. The molecule has 60 heavy (non-hydrogen) atoms. The summed E-state index contributed by atoms with van der Waals surface area (Å²) in [7, 11) is 0. The van der Waals surface area contributed by atoms with Gasteiger partial charge in [0.05, 0.1) is 0 Å². The second-order valence-corrected chi connectivity index (χ2v) is 23.6. The summed E-state index contributed by atoms with van der Waals surface area (Å²) in [4.78, 5) is 15.5. The maximum absolute atomic E-state index is 5.17. The Morgan fingerprint density at radius 2 is 0.767 bits per heavy atom. The summed E-state index contributed by atoms with van der Waals surface area (Å²) in [6, 6.07) is 0.325. The van der Waals surface area contributed by atoms with Crippen LogP contribution in [0, 0.1) is 34.0 Å². The summed E-state index contributed by atoms with van der Waals surface area (Å²) in [6.07, 6.45) is 23.0. The molecule has 0 aromatic carbocycles. The molecule has 9 heteroatoms. The minimum Gasteiger partial charge on any atom is -0.350 e. The zero-order valence-electron chi connectivity index (χ0n) is 40.9. The topological polar surface area (TPSA) is 111 Å². The molecule has 0 saturated carbocycles. The highest BCUT2D eigenvalue weighted by atomic mass is 15.3. The van der Waals surface area contributed by atoms with Gasteiger partial charge in [0.15, 0.2) is 0 Å². The third-order valence-electron chi connectivity index (χ3n) is 15.0. The Bertz CT molecular complexity index is 1320. The predicted octanol–water partition coefficient (Wildman–Crippen LogP) is 11.7. The lowest BCUT2D eigenvalue weighted by Gasteiger charge is -2.40. The largest absolute Gasteiger partial charge is 0.350 e. The van der Waals surface area contributed by atoms with Crippen molar-refractivity contribution in [1.82, 2.24) is 30.9 Å². The van der Waals surface area contributed by atoms with Gasteiger partial charge in [-0.2, -0.15) is 15.0 Å². The van der Waals surface area contributed by atoms with Crippen molar-refractivity contribution in [3.05, 3.63) is 38.0 Å². The molecule has 6 unspecified atom stereocenters. The fourth-order valence-electron chi connectivity index (χ4n) is 10.8. The number of nitrogens with one attached hydrogen (secondary N) is 6. The van der Waals surface area contributed by atoms with Crippen LogP contribution in [0.15, 0.2) is 38.0 Å². The molecule has 0 spiro atoms. The van der Waals surface area contributed by atoms with Crippen LogP contribution >= 0.6 is 0 Å². The minimum atomic E-state index is -0.00976. The van der Waals surface area contributed by atoms with Crippen molar-refractivity contribution in [3.8, 4) is 0 Å². The predicted molar refractivity (Wildman–Crippen MR) is 260 cm³/mol. The van der Waals surface area contributed by atoms with Gasteiger partial charge in [-0.1, -0.05) is 59.8 Å². The number of piperidine rings is 3. The van der Waals surface area contributed by atoms with Crippen molar-refractivity contribution in [2.45, 2.75) is 214 Å². The van der Waals surface area contributed by atoms with E-state index in [-0.39, 0.29) is 51.0 Å². The molecular formula is C51H93N9. The van der Waals surface area contributed by atoms with E-state index < -0.39 is 0 Å². The number of rotatable bonds is 24. The van der Waals surface area contributed by atoms with Gasteiger partial charge in [0, 0.05) is 34.7 Å². The normalized spacial score (nSPS) is 24.7. The van der Waals surface area contributed by atoms with Crippen LogP contribution in [0.1, 0.15) is 179 Å². The zero-order valence-corrected chi connectivity index (χ0v) is 40.9. The van der Waals surface area contributed by atoms with Gasteiger partial charge >= 0.3 is 0 Å². The summed E-state index contributed by atoms with van der Waals surface area (Å²) in [5.41, 5.74) is 0.578. The van der Waals surface area contributed by atoms with Crippen molar-refractivity contribution in [1.29, 1.82) is 0 Å². The maximum atomic E-state index is 5.17. The lowest BCUT2D eigenvalue weighted by molar-refractivity contribution is 0.185. The van der Waals surface area contributed by atoms with Gasteiger partial charge in [-0.15, -0.1) is 19.7 Å². The van der Waals surface area contributed by atoms with Gasteiger partial charge in [0.1, 0.15) is 0 Å². The summed E-state index contributed by atoms with van der Waals surface area (Å²) in [5.74, 6) is 4.01. The van der Waals surface area contributed by atoms with E-state index in [9.17, 15) is 0 Å². The average molecular weight is 832 g/mol. The molecule has 3 aliphatic rings. The molecule has 9 nitrogen and oxygen atoms in total. The molecule has 1 aromatic rings. The number of nitrogens with zero attached hydrogens (tertiary/aromatic N) is 3. The molecule has 0 amide bonds. The molecule has 0 radical (unpaired) electrons. The fourth-order valence-corrected chi connectivity index (χ4v) is 10.8. The van der Waals surface area contributed by atoms with Crippen molar-refractivity contribution in [2.24, 2.45) is 34.0 Å². The minimum absolute atomic E-state index is 0.00976. The van der Waals surface area contributed by atoms with E-state index >= 15 is 0 Å². The van der Waals surface area contributed by atoms with Gasteiger partial charge in [-0.05, 0) is 191 Å². The Hall–Kier alpha value is -2.49. The number of aromatic nitrogens is 3. The van der Waals surface area contributed by atoms with Crippen LogP contribution in [-0.4, -0.2) is 69.3 Å². The Balaban J connectivity index is 1.62. The van der Waals surface area contributed by atoms with Gasteiger partial charge in [0.25, 0.3) is 0 Å². The van der Waals surface area contributed by atoms with E-state index in [0.717, 1.165) is 75.9 Å². The molecule has 342 valence electrons. The zero-order chi connectivity index (χ0) is 44.4. The van der Waals surface area contributed by atoms with Crippen LogP contribution in [0.3, 0.4) is 0 Å². The third kappa shape index (κ3) is 15.7. The van der Waals surface area contributed by atoms with Gasteiger partial charge in [0.2, 0.25) is 17.8 Å². The van der Waals surface area contributed by atoms with Crippen molar-refractivity contribution in [2.75, 3.05) is 35.6 Å². The average Bonchev–Trinajstić information content (AvgIpc) is 3.14.